The molecule has 0 aliphatic carbocycles. The van der Waals surface area contributed by atoms with Gasteiger partial charge in [-0.15, -0.1) is 0 Å². The van der Waals surface area contributed by atoms with E-state index in [0.717, 1.165) is 18.8 Å². The summed E-state index contributed by atoms with van der Waals surface area (Å²) >= 11 is 0. The van der Waals surface area contributed by atoms with E-state index in [4.69, 9.17) is 4.52 Å². The van der Waals surface area contributed by atoms with Crippen LogP contribution in [-0.2, 0) is 0 Å². The maximum absolute atomic E-state index is 12.5. The molecule has 4 rings (SSSR count). The van der Waals surface area contributed by atoms with Crippen LogP contribution in [0.5, 0.6) is 0 Å². The van der Waals surface area contributed by atoms with Gasteiger partial charge in [0.05, 0.1) is 0 Å². The molecule has 0 spiro atoms. The van der Waals surface area contributed by atoms with Crippen LogP contribution in [-0.4, -0.2) is 30.1 Å². The summed E-state index contributed by atoms with van der Waals surface area (Å²) in [5, 5.41) is 9.27. The fourth-order valence-electron chi connectivity index (χ4n) is 3.32. The van der Waals surface area contributed by atoms with Crippen molar-refractivity contribution in [3.05, 3.63) is 71.5 Å². The lowest BCUT2D eigenvalue weighted by molar-refractivity contribution is 0.101. The molecule has 1 aliphatic heterocycles. The van der Waals surface area contributed by atoms with Gasteiger partial charge in [0, 0.05) is 41.7 Å². The van der Waals surface area contributed by atoms with Crippen molar-refractivity contribution < 1.29 is 14.1 Å². The standard InChI is InChI=1S/C22H22N4O3/c1-15-14-20(25-29-15)24-22(28)17-6-4-16(5-7-17)21(27)23-18-8-10-19(11-9-18)26-12-2-3-13-26/h4-11,14H,2-3,12-13H2,1H3,(H,23,27)(H,24,25,28). The third-order valence-corrected chi connectivity index (χ3v) is 4.88. The second kappa shape index (κ2) is 8.18. The Balaban J connectivity index is 1.36. The van der Waals surface area contributed by atoms with Crippen molar-refractivity contribution in [2.24, 2.45) is 0 Å². The molecule has 7 nitrogen and oxygen atoms in total. The molecule has 148 valence electrons. The summed E-state index contributed by atoms with van der Waals surface area (Å²) in [6.07, 6.45) is 2.45. The molecular formula is C22H22N4O3. The van der Waals surface area contributed by atoms with E-state index in [0.29, 0.717) is 22.7 Å². The van der Waals surface area contributed by atoms with E-state index in [1.54, 1.807) is 37.3 Å². The Labute approximate surface area is 168 Å². The first kappa shape index (κ1) is 18.7. The van der Waals surface area contributed by atoms with Crippen molar-refractivity contribution in [3.8, 4) is 0 Å². The molecule has 1 aliphatic rings. The van der Waals surface area contributed by atoms with E-state index in [9.17, 15) is 9.59 Å². The van der Waals surface area contributed by atoms with Crippen molar-refractivity contribution >= 4 is 29.0 Å². The number of rotatable bonds is 5. The average molecular weight is 390 g/mol. The zero-order valence-corrected chi connectivity index (χ0v) is 16.1. The predicted molar refractivity (Wildman–Crippen MR) is 111 cm³/mol. The van der Waals surface area contributed by atoms with Gasteiger partial charge in [-0.3, -0.25) is 9.59 Å². The maximum atomic E-state index is 12.5. The normalized spacial score (nSPS) is 13.3. The first-order chi connectivity index (χ1) is 14.1. The van der Waals surface area contributed by atoms with Crippen molar-refractivity contribution in [1.82, 2.24) is 5.16 Å². The van der Waals surface area contributed by atoms with Gasteiger partial charge in [-0.1, -0.05) is 5.16 Å². The van der Waals surface area contributed by atoms with Crippen molar-refractivity contribution in [1.29, 1.82) is 0 Å². The van der Waals surface area contributed by atoms with Gasteiger partial charge < -0.3 is 20.1 Å². The summed E-state index contributed by atoms with van der Waals surface area (Å²) < 4.78 is 4.92. The Bertz CT molecular complexity index is 1000. The number of hydrogen-bond acceptors (Lipinski definition) is 5. The molecule has 0 bridgehead atoms. The summed E-state index contributed by atoms with van der Waals surface area (Å²) in [6, 6.07) is 16.0. The molecule has 2 heterocycles. The van der Waals surface area contributed by atoms with Crippen LogP contribution in [0.2, 0.25) is 0 Å². The molecule has 3 aromatic rings. The topological polar surface area (TPSA) is 87.5 Å². The number of anilines is 3. The van der Waals surface area contributed by atoms with E-state index in [-0.39, 0.29) is 11.8 Å². The lowest BCUT2D eigenvalue weighted by Crippen LogP contribution is -2.17. The average Bonchev–Trinajstić information content (AvgIpc) is 3.41. The molecule has 0 unspecified atom stereocenters. The molecule has 0 saturated carbocycles. The quantitative estimate of drug-likeness (QED) is 0.685. The highest BCUT2D eigenvalue weighted by molar-refractivity contribution is 6.07. The Morgan fingerprint density at radius 1 is 0.897 bits per heavy atom. The zero-order valence-electron chi connectivity index (χ0n) is 16.1. The fraction of sp³-hybridized carbons (Fsp3) is 0.227. The van der Waals surface area contributed by atoms with Gasteiger partial charge in [-0.05, 0) is 68.3 Å². The van der Waals surface area contributed by atoms with Gasteiger partial charge in [-0.25, -0.2) is 0 Å². The number of nitrogens with one attached hydrogen (secondary N) is 2. The van der Waals surface area contributed by atoms with Crippen LogP contribution in [0.3, 0.4) is 0 Å². The molecule has 7 heteroatoms. The van der Waals surface area contributed by atoms with E-state index >= 15 is 0 Å². The van der Waals surface area contributed by atoms with Gasteiger partial charge in [0.1, 0.15) is 5.76 Å². The number of benzene rings is 2. The third kappa shape index (κ3) is 4.45. The molecule has 0 atom stereocenters. The van der Waals surface area contributed by atoms with Crippen molar-refractivity contribution in [2.45, 2.75) is 19.8 Å². The van der Waals surface area contributed by atoms with Crippen LogP contribution >= 0.6 is 0 Å². The molecule has 1 aromatic heterocycles. The number of hydrogen-bond donors (Lipinski definition) is 2. The number of aryl methyl sites for hydroxylation is 1. The summed E-state index contributed by atoms with van der Waals surface area (Å²) in [5.41, 5.74) is 2.82. The Morgan fingerprint density at radius 2 is 1.48 bits per heavy atom. The number of aromatic nitrogens is 1. The molecular weight excluding hydrogens is 368 g/mol. The summed E-state index contributed by atoms with van der Waals surface area (Å²) in [7, 11) is 0. The smallest absolute Gasteiger partial charge is 0.256 e. The van der Waals surface area contributed by atoms with Gasteiger partial charge in [-0.2, -0.15) is 0 Å². The van der Waals surface area contributed by atoms with Gasteiger partial charge >= 0.3 is 0 Å². The van der Waals surface area contributed by atoms with Gasteiger partial charge in [0.2, 0.25) is 0 Å². The first-order valence-electron chi connectivity index (χ1n) is 9.59. The molecule has 2 N–H and O–H groups in total. The van der Waals surface area contributed by atoms with Gasteiger partial charge in [0.25, 0.3) is 11.8 Å². The van der Waals surface area contributed by atoms with Crippen LogP contribution in [0.25, 0.3) is 0 Å². The van der Waals surface area contributed by atoms with E-state index in [2.05, 4.69) is 20.7 Å². The highest BCUT2D eigenvalue weighted by atomic mass is 16.5. The second-order valence-corrected chi connectivity index (χ2v) is 7.05. The minimum atomic E-state index is -0.317. The van der Waals surface area contributed by atoms with Crippen molar-refractivity contribution in [2.75, 3.05) is 28.6 Å². The highest BCUT2D eigenvalue weighted by Crippen LogP contribution is 2.22. The molecule has 29 heavy (non-hydrogen) atoms. The number of amides is 2. The van der Waals surface area contributed by atoms with Gasteiger partial charge in [0.15, 0.2) is 5.82 Å². The highest BCUT2D eigenvalue weighted by Gasteiger charge is 2.13. The summed E-state index contributed by atoms with van der Waals surface area (Å²) in [5.74, 6) is 0.424. The first-order valence-corrected chi connectivity index (χ1v) is 9.59. The Morgan fingerprint density at radius 3 is 2.03 bits per heavy atom. The van der Waals surface area contributed by atoms with Crippen molar-refractivity contribution in [3.63, 3.8) is 0 Å². The van der Waals surface area contributed by atoms with E-state index in [1.165, 1.54) is 18.5 Å². The fourth-order valence-corrected chi connectivity index (χ4v) is 3.32. The van der Waals surface area contributed by atoms with Crippen LogP contribution in [0.1, 0.15) is 39.3 Å². The van der Waals surface area contributed by atoms with Crippen LogP contribution < -0.4 is 15.5 Å². The minimum absolute atomic E-state index is 0.224. The summed E-state index contributed by atoms with van der Waals surface area (Å²) in [6.45, 7) is 3.92. The largest absolute Gasteiger partial charge is 0.372 e. The van der Waals surface area contributed by atoms with E-state index < -0.39 is 0 Å². The lowest BCUT2D eigenvalue weighted by Gasteiger charge is -2.17. The molecule has 0 radical (unpaired) electrons. The monoisotopic (exact) mass is 390 g/mol. The zero-order chi connectivity index (χ0) is 20.2. The number of nitrogens with zero attached hydrogens (tertiary/aromatic N) is 2. The minimum Gasteiger partial charge on any atom is -0.372 e. The maximum Gasteiger partial charge on any atom is 0.256 e. The molecule has 1 saturated heterocycles. The summed E-state index contributed by atoms with van der Waals surface area (Å²) in [4.78, 5) is 27.1. The predicted octanol–water partition coefficient (Wildman–Crippen LogP) is 4.09. The lowest BCUT2D eigenvalue weighted by atomic mass is 10.1. The molecule has 2 amide bonds. The number of carbonyl (C=O) groups is 2. The Kier molecular flexibility index (Phi) is 5.29. The van der Waals surface area contributed by atoms with E-state index in [1.807, 2.05) is 24.3 Å². The van der Waals surface area contributed by atoms with Crippen LogP contribution in [0.15, 0.2) is 59.1 Å². The van der Waals surface area contributed by atoms with Crippen LogP contribution in [0, 0.1) is 6.92 Å². The SMILES string of the molecule is Cc1cc(NC(=O)c2ccc(C(=O)Nc3ccc(N4CCCC4)cc3)cc2)no1. The number of carbonyl (C=O) groups excluding carboxylic acids is 2. The Hall–Kier alpha value is -3.61. The second-order valence-electron chi connectivity index (χ2n) is 7.05. The third-order valence-electron chi connectivity index (χ3n) is 4.88. The van der Waals surface area contributed by atoms with Crippen LogP contribution in [0.4, 0.5) is 17.2 Å². The molecule has 1 fully saturated rings. The molecule has 2 aromatic carbocycles.